The molecular formula is C10H12Cl2N2O. The molecule has 0 aliphatic carbocycles. The van der Waals surface area contributed by atoms with E-state index in [4.69, 9.17) is 28.9 Å². The Bertz CT molecular complexity index is 355. The van der Waals surface area contributed by atoms with E-state index in [0.29, 0.717) is 29.6 Å². The minimum Gasteiger partial charge on any atom is -0.370 e. The molecule has 0 spiro atoms. The zero-order valence-corrected chi connectivity index (χ0v) is 9.61. The van der Waals surface area contributed by atoms with Crippen molar-refractivity contribution in [2.45, 2.75) is 13.0 Å². The average molecular weight is 247 g/mol. The van der Waals surface area contributed by atoms with Gasteiger partial charge in [-0.25, -0.2) is 0 Å². The molecule has 82 valence electrons. The van der Waals surface area contributed by atoms with Crippen molar-refractivity contribution >= 4 is 29.1 Å². The lowest BCUT2D eigenvalue weighted by molar-refractivity contribution is -0.117. The Morgan fingerprint density at radius 3 is 2.73 bits per heavy atom. The smallest absolute Gasteiger partial charge is 0.218 e. The fourth-order valence-electron chi connectivity index (χ4n) is 1.10. The molecule has 3 N–H and O–H groups in total. The molecule has 0 radical (unpaired) electrons. The zero-order chi connectivity index (χ0) is 11.3. The maximum absolute atomic E-state index is 10.5. The van der Waals surface area contributed by atoms with Gasteiger partial charge in [-0.1, -0.05) is 29.3 Å². The van der Waals surface area contributed by atoms with Crippen molar-refractivity contribution < 1.29 is 4.79 Å². The lowest BCUT2D eigenvalue weighted by atomic mass is 10.2. The number of carbonyl (C=O) groups is 1. The SMILES string of the molecule is NC(=O)CCNCc1ccc(Cl)cc1Cl. The fraction of sp³-hybridized carbons (Fsp3) is 0.300. The highest BCUT2D eigenvalue weighted by Gasteiger charge is 2.01. The summed E-state index contributed by atoms with van der Waals surface area (Å²) < 4.78 is 0. The van der Waals surface area contributed by atoms with Crippen LogP contribution in [-0.4, -0.2) is 12.5 Å². The first kappa shape index (κ1) is 12.3. The predicted octanol–water partition coefficient (Wildman–Crippen LogP) is 1.96. The van der Waals surface area contributed by atoms with E-state index in [-0.39, 0.29) is 5.91 Å². The lowest BCUT2D eigenvalue weighted by Crippen LogP contribution is -2.21. The summed E-state index contributed by atoms with van der Waals surface area (Å²) in [5.74, 6) is -0.315. The van der Waals surface area contributed by atoms with E-state index in [2.05, 4.69) is 5.32 Å². The minimum atomic E-state index is -0.315. The van der Waals surface area contributed by atoms with Gasteiger partial charge in [-0.05, 0) is 17.7 Å². The van der Waals surface area contributed by atoms with Crippen LogP contribution in [0.3, 0.4) is 0 Å². The third-order valence-corrected chi connectivity index (χ3v) is 2.47. The molecule has 0 atom stereocenters. The van der Waals surface area contributed by atoms with E-state index >= 15 is 0 Å². The van der Waals surface area contributed by atoms with Gasteiger partial charge in [0.1, 0.15) is 0 Å². The first-order valence-electron chi connectivity index (χ1n) is 4.52. The fourth-order valence-corrected chi connectivity index (χ4v) is 1.58. The van der Waals surface area contributed by atoms with Crippen LogP contribution in [0.5, 0.6) is 0 Å². The number of nitrogens with one attached hydrogen (secondary N) is 1. The summed E-state index contributed by atoms with van der Waals surface area (Å²) in [6.45, 7) is 1.15. The summed E-state index contributed by atoms with van der Waals surface area (Å²) in [5.41, 5.74) is 5.95. The largest absolute Gasteiger partial charge is 0.370 e. The molecule has 0 aliphatic heterocycles. The van der Waals surface area contributed by atoms with Gasteiger partial charge in [-0.3, -0.25) is 4.79 Å². The second kappa shape index (κ2) is 5.95. The molecular weight excluding hydrogens is 235 g/mol. The Kier molecular flexibility index (Phi) is 4.88. The van der Waals surface area contributed by atoms with Crippen LogP contribution in [0.1, 0.15) is 12.0 Å². The van der Waals surface area contributed by atoms with Crippen LogP contribution in [0.2, 0.25) is 10.0 Å². The Morgan fingerprint density at radius 1 is 1.40 bits per heavy atom. The summed E-state index contributed by atoms with van der Waals surface area (Å²) in [6.07, 6.45) is 0.325. The van der Waals surface area contributed by atoms with E-state index in [1.54, 1.807) is 12.1 Å². The highest BCUT2D eigenvalue weighted by Crippen LogP contribution is 2.20. The minimum absolute atomic E-state index is 0.315. The second-order valence-corrected chi connectivity index (χ2v) is 3.97. The average Bonchev–Trinajstić information content (AvgIpc) is 2.14. The van der Waals surface area contributed by atoms with E-state index < -0.39 is 0 Å². The van der Waals surface area contributed by atoms with Gasteiger partial charge >= 0.3 is 0 Å². The van der Waals surface area contributed by atoms with E-state index in [1.165, 1.54) is 0 Å². The van der Waals surface area contributed by atoms with Crippen molar-refractivity contribution in [3.8, 4) is 0 Å². The van der Waals surface area contributed by atoms with E-state index in [9.17, 15) is 4.79 Å². The Balaban J connectivity index is 2.40. The van der Waals surface area contributed by atoms with Gasteiger partial charge in [0.25, 0.3) is 0 Å². The predicted molar refractivity (Wildman–Crippen MR) is 62.0 cm³/mol. The molecule has 0 unspecified atom stereocenters. The molecule has 15 heavy (non-hydrogen) atoms. The number of halogens is 2. The van der Waals surface area contributed by atoms with Crippen molar-refractivity contribution in [1.82, 2.24) is 5.32 Å². The van der Waals surface area contributed by atoms with Crippen LogP contribution in [0, 0.1) is 0 Å². The molecule has 0 aromatic heterocycles. The summed E-state index contributed by atoms with van der Waals surface area (Å²) in [5, 5.41) is 4.30. The molecule has 0 saturated carbocycles. The molecule has 1 aromatic rings. The number of hydrogen-bond acceptors (Lipinski definition) is 2. The van der Waals surface area contributed by atoms with Gasteiger partial charge in [0.15, 0.2) is 0 Å². The molecule has 1 aromatic carbocycles. The number of carbonyl (C=O) groups excluding carboxylic acids is 1. The van der Waals surface area contributed by atoms with Crippen LogP contribution in [-0.2, 0) is 11.3 Å². The molecule has 0 saturated heterocycles. The molecule has 1 amide bonds. The zero-order valence-electron chi connectivity index (χ0n) is 8.09. The number of nitrogens with two attached hydrogens (primary N) is 1. The monoisotopic (exact) mass is 246 g/mol. The highest BCUT2D eigenvalue weighted by atomic mass is 35.5. The molecule has 1 rings (SSSR count). The van der Waals surface area contributed by atoms with Gasteiger partial charge in [-0.15, -0.1) is 0 Å². The quantitative estimate of drug-likeness (QED) is 0.781. The summed E-state index contributed by atoms with van der Waals surface area (Å²) in [6, 6.07) is 5.31. The number of hydrogen-bond donors (Lipinski definition) is 2. The van der Waals surface area contributed by atoms with Crippen LogP contribution in [0.4, 0.5) is 0 Å². The van der Waals surface area contributed by atoms with Crippen LogP contribution in [0.15, 0.2) is 18.2 Å². The summed E-state index contributed by atoms with van der Waals surface area (Å²) >= 11 is 11.7. The van der Waals surface area contributed by atoms with Crippen molar-refractivity contribution in [2.24, 2.45) is 5.73 Å². The Hall–Kier alpha value is -0.770. The third kappa shape index (κ3) is 4.51. The Morgan fingerprint density at radius 2 is 2.13 bits per heavy atom. The molecule has 3 nitrogen and oxygen atoms in total. The molecule has 5 heteroatoms. The molecule has 0 fully saturated rings. The first-order chi connectivity index (χ1) is 7.09. The topological polar surface area (TPSA) is 55.1 Å². The second-order valence-electron chi connectivity index (χ2n) is 3.13. The third-order valence-electron chi connectivity index (χ3n) is 1.88. The number of amides is 1. The van der Waals surface area contributed by atoms with Gasteiger partial charge < -0.3 is 11.1 Å². The standard InChI is InChI=1S/C10H12Cl2N2O/c11-8-2-1-7(9(12)5-8)6-14-4-3-10(13)15/h1-2,5,14H,3-4,6H2,(H2,13,15). The highest BCUT2D eigenvalue weighted by molar-refractivity contribution is 6.35. The molecule has 0 bridgehead atoms. The number of primary amides is 1. The van der Waals surface area contributed by atoms with Crippen molar-refractivity contribution in [3.63, 3.8) is 0 Å². The number of benzene rings is 1. The summed E-state index contributed by atoms with van der Waals surface area (Å²) in [7, 11) is 0. The normalized spacial score (nSPS) is 10.3. The van der Waals surface area contributed by atoms with Crippen molar-refractivity contribution in [1.29, 1.82) is 0 Å². The summed E-state index contributed by atoms with van der Waals surface area (Å²) in [4.78, 5) is 10.5. The maximum Gasteiger partial charge on any atom is 0.218 e. The van der Waals surface area contributed by atoms with Crippen LogP contribution in [0.25, 0.3) is 0 Å². The van der Waals surface area contributed by atoms with Gasteiger partial charge in [-0.2, -0.15) is 0 Å². The van der Waals surface area contributed by atoms with Crippen LogP contribution >= 0.6 is 23.2 Å². The van der Waals surface area contributed by atoms with Gasteiger partial charge in [0.2, 0.25) is 5.91 Å². The molecule has 0 aliphatic rings. The van der Waals surface area contributed by atoms with Gasteiger partial charge in [0, 0.05) is 29.6 Å². The lowest BCUT2D eigenvalue weighted by Gasteiger charge is -2.05. The first-order valence-corrected chi connectivity index (χ1v) is 5.28. The molecule has 0 heterocycles. The van der Waals surface area contributed by atoms with E-state index in [1.807, 2.05) is 6.07 Å². The maximum atomic E-state index is 10.5. The van der Waals surface area contributed by atoms with E-state index in [0.717, 1.165) is 5.56 Å². The number of rotatable bonds is 5. The van der Waals surface area contributed by atoms with Crippen molar-refractivity contribution in [2.75, 3.05) is 6.54 Å². The Labute approximate surface area is 98.5 Å². The van der Waals surface area contributed by atoms with Crippen molar-refractivity contribution in [3.05, 3.63) is 33.8 Å². The van der Waals surface area contributed by atoms with Gasteiger partial charge in [0.05, 0.1) is 0 Å². The van der Waals surface area contributed by atoms with Crippen LogP contribution < -0.4 is 11.1 Å².